The fourth-order valence-corrected chi connectivity index (χ4v) is 3.30. The van der Waals surface area contributed by atoms with Crippen molar-refractivity contribution in [1.82, 2.24) is 20.0 Å². The van der Waals surface area contributed by atoms with Crippen molar-refractivity contribution in [3.05, 3.63) is 34.6 Å². The van der Waals surface area contributed by atoms with Crippen molar-refractivity contribution in [3.63, 3.8) is 0 Å². The van der Waals surface area contributed by atoms with Gasteiger partial charge in [-0.25, -0.2) is 4.39 Å². The van der Waals surface area contributed by atoms with Crippen molar-refractivity contribution in [3.8, 4) is 0 Å². The number of hydrogen-bond acceptors (Lipinski definition) is 4. The summed E-state index contributed by atoms with van der Waals surface area (Å²) in [4.78, 5) is 30.2. The van der Waals surface area contributed by atoms with Gasteiger partial charge in [0.05, 0.1) is 13.1 Å². The van der Waals surface area contributed by atoms with Gasteiger partial charge in [0.2, 0.25) is 11.8 Å². The monoisotopic (exact) mass is 412 g/mol. The van der Waals surface area contributed by atoms with E-state index in [1.807, 2.05) is 20.8 Å². The van der Waals surface area contributed by atoms with Gasteiger partial charge in [0.15, 0.2) is 0 Å². The second kappa shape index (κ2) is 9.67. The van der Waals surface area contributed by atoms with Crippen LogP contribution in [0.4, 0.5) is 4.39 Å². The molecule has 1 saturated heterocycles. The number of carbonyl (C=O) groups excluding carboxylic acids is 2. The van der Waals surface area contributed by atoms with Crippen molar-refractivity contribution in [2.24, 2.45) is 0 Å². The molecule has 0 saturated carbocycles. The lowest BCUT2D eigenvalue weighted by Crippen LogP contribution is -2.51. The van der Waals surface area contributed by atoms with E-state index in [1.165, 1.54) is 17.0 Å². The molecule has 1 aliphatic rings. The second-order valence-corrected chi connectivity index (χ2v) is 8.74. The topological polar surface area (TPSA) is 55.9 Å². The zero-order valence-electron chi connectivity index (χ0n) is 17.1. The molecule has 1 aliphatic heterocycles. The molecule has 0 radical (unpaired) electrons. The van der Waals surface area contributed by atoms with Crippen LogP contribution >= 0.6 is 11.6 Å². The van der Waals surface area contributed by atoms with Crippen LogP contribution in [0.5, 0.6) is 0 Å². The Morgan fingerprint density at radius 3 is 2.36 bits per heavy atom. The standard InChI is InChI=1S/C20H30ClFN4O2/c1-20(2,3)23-18(27)13-24(4)19(28)14-26-9-7-25(8-10-26)12-15-5-6-16(22)11-17(15)21/h5-6,11H,7-10,12-14H2,1-4H3,(H,23,27). The number of rotatable bonds is 6. The molecule has 0 aliphatic carbocycles. The largest absolute Gasteiger partial charge is 0.350 e. The van der Waals surface area contributed by atoms with Gasteiger partial charge >= 0.3 is 0 Å². The third-order valence-corrected chi connectivity index (χ3v) is 4.91. The summed E-state index contributed by atoms with van der Waals surface area (Å²) in [6.07, 6.45) is 0. The highest BCUT2D eigenvalue weighted by Crippen LogP contribution is 2.19. The van der Waals surface area contributed by atoms with Gasteiger partial charge in [-0.05, 0) is 38.5 Å². The van der Waals surface area contributed by atoms with Gasteiger partial charge < -0.3 is 10.2 Å². The van der Waals surface area contributed by atoms with Crippen LogP contribution in [0.15, 0.2) is 18.2 Å². The van der Waals surface area contributed by atoms with Crippen molar-refractivity contribution >= 4 is 23.4 Å². The van der Waals surface area contributed by atoms with Crippen LogP contribution in [-0.2, 0) is 16.1 Å². The number of nitrogens with one attached hydrogen (secondary N) is 1. The van der Waals surface area contributed by atoms with Gasteiger partial charge in [0, 0.05) is 50.3 Å². The molecular formula is C20H30ClFN4O2. The van der Waals surface area contributed by atoms with E-state index < -0.39 is 0 Å². The fourth-order valence-electron chi connectivity index (χ4n) is 3.07. The Hall–Kier alpha value is -1.70. The fraction of sp³-hybridized carbons (Fsp3) is 0.600. The number of halogens is 2. The minimum absolute atomic E-state index is 0.0547. The zero-order valence-corrected chi connectivity index (χ0v) is 17.9. The minimum atomic E-state index is -0.336. The molecule has 1 fully saturated rings. The number of hydrogen-bond donors (Lipinski definition) is 1. The Morgan fingerprint density at radius 1 is 1.18 bits per heavy atom. The van der Waals surface area contributed by atoms with Crippen LogP contribution in [-0.4, -0.2) is 78.4 Å². The number of carbonyl (C=O) groups is 2. The van der Waals surface area contributed by atoms with E-state index in [-0.39, 0.29) is 29.7 Å². The maximum atomic E-state index is 13.2. The zero-order chi connectivity index (χ0) is 20.9. The van der Waals surface area contributed by atoms with Gasteiger partial charge in [-0.3, -0.25) is 19.4 Å². The van der Waals surface area contributed by atoms with Crippen LogP contribution in [0.1, 0.15) is 26.3 Å². The average Bonchev–Trinajstić information content (AvgIpc) is 2.57. The summed E-state index contributed by atoms with van der Waals surface area (Å²) < 4.78 is 13.2. The second-order valence-electron chi connectivity index (χ2n) is 8.34. The first-order chi connectivity index (χ1) is 13.0. The number of amides is 2. The summed E-state index contributed by atoms with van der Waals surface area (Å²) in [5.74, 6) is -0.569. The molecule has 2 rings (SSSR count). The molecule has 2 amide bonds. The molecule has 6 nitrogen and oxygen atoms in total. The Bertz CT molecular complexity index is 700. The van der Waals surface area contributed by atoms with Crippen molar-refractivity contribution in [2.45, 2.75) is 32.9 Å². The van der Waals surface area contributed by atoms with E-state index >= 15 is 0 Å². The summed E-state index contributed by atoms with van der Waals surface area (Å²) in [6, 6.07) is 4.46. The van der Waals surface area contributed by atoms with E-state index in [9.17, 15) is 14.0 Å². The van der Waals surface area contributed by atoms with E-state index in [1.54, 1.807) is 13.1 Å². The number of benzene rings is 1. The van der Waals surface area contributed by atoms with Gasteiger partial charge in [-0.1, -0.05) is 17.7 Å². The Morgan fingerprint density at radius 2 is 1.79 bits per heavy atom. The molecule has 1 aromatic carbocycles. The molecule has 1 aromatic rings. The van der Waals surface area contributed by atoms with Crippen LogP contribution in [0.25, 0.3) is 0 Å². The molecule has 8 heteroatoms. The summed E-state index contributed by atoms with van der Waals surface area (Å²) in [6.45, 7) is 9.85. The Kier molecular flexibility index (Phi) is 7.80. The third-order valence-electron chi connectivity index (χ3n) is 4.55. The minimum Gasteiger partial charge on any atom is -0.350 e. The highest BCUT2D eigenvalue weighted by atomic mass is 35.5. The lowest BCUT2D eigenvalue weighted by atomic mass is 10.1. The van der Waals surface area contributed by atoms with Crippen LogP contribution in [0.2, 0.25) is 5.02 Å². The molecule has 0 aromatic heterocycles. The summed E-state index contributed by atoms with van der Waals surface area (Å²) in [5, 5.41) is 3.30. The quantitative estimate of drug-likeness (QED) is 0.776. The van der Waals surface area contributed by atoms with Crippen LogP contribution in [0.3, 0.4) is 0 Å². The molecule has 0 bridgehead atoms. The Balaban J connectivity index is 1.75. The first-order valence-electron chi connectivity index (χ1n) is 9.47. The van der Waals surface area contributed by atoms with Gasteiger partial charge in [-0.15, -0.1) is 0 Å². The first-order valence-corrected chi connectivity index (χ1v) is 9.85. The van der Waals surface area contributed by atoms with Gasteiger partial charge in [0.25, 0.3) is 0 Å². The van der Waals surface area contributed by atoms with Gasteiger partial charge in [-0.2, -0.15) is 0 Å². The highest BCUT2D eigenvalue weighted by molar-refractivity contribution is 6.31. The van der Waals surface area contributed by atoms with E-state index in [4.69, 9.17) is 11.6 Å². The maximum Gasteiger partial charge on any atom is 0.240 e. The van der Waals surface area contributed by atoms with E-state index in [2.05, 4.69) is 15.1 Å². The molecule has 0 atom stereocenters. The first kappa shape index (κ1) is 22.6. The number of piperazine rings is 1. The predicted octanol–water partition coefficient (Wildman–Crippen LogP) is 1.97. The lowest BCUT2D eigenvalue weighted by Gasteiger charge is -2.35. The molecular weight excluding hydrogens is 383 g/mol. The number of likely N-dealkylation sites (N-methyl/N-ethyl adjacent to an activating group) is 1. The van der Waals surface area contributed by atoms with Crippen molar-refractivity contribution < 1.29 is 14.0 Å². The lowest BCUT2D eigenvalue weighted by molar-refractivity contribution is -0.136. The molecule has 1 heterocycles. The van der Waals surface area contributed by atoms with Gasteiger partial charge in [0.1, 0.15) is 5.82 Å². The maximum absolute atomic E-state index is 13.2. The SMILES string of the molecule is CN(CC(=O)NC(C)(C)C)C(=O)CN1CCN(Cc2ccc(F)cc2Cl)CC1. The molecule has 0 unspecified atom stereocenters. The highest BCUT2D eigenvalue weighted by Gasteiger charge is 2.23. The average molecular weight is 413 g/mol. The molecule has 0 spiro atoms. The van der Waals surface area contributed by atoms with Crippen LogP contribution in [0, 0.1) is 5.82 Å². The third kappa shape index (κ3) is 7.37. The molecule has 156 valence electrons. The Labute approximate surface area is 171 Å². The number of nitrogens with zero attached hydrogens (tertiary/aromatic N) is 3. The molecule has 1 N–H and O–H groups in total. The summed E-state index contributed by atoms with van der Waals surface area (Å²) >= 11 is 6.10. The van der Waals surface area contributed by atoms with E-state index in [0.29, 0.717) is 18.1 Å². The van der Waals surface area contributed by atoms with Crippen molar-refractivity contribution in [2.75, 3.05) is 46.3 Å². The van der Waals surface area contributed by atoms with E-state index in [0.717, 1.165) is 31.7 Å². The predicted molar refractivity (Wildman–Crippen MR) is 109 cm³/mol. The normalized spacial score (nSPS) is 16.1. The molecule has 28 heavy (non-hydrogen) atoms. The smallest absolute Gasteiger partial charge is 0.240 e. The summed E-state index contributed by atoms with van der Waals surface area (Å²) in [5.41, 5.74) is 0.585. The van der Waals surface area contributed by atoms with Crippen molar-refractivity contribution in [1.29, 1.82) is 0 Å². The summed E-state index contributed by atoms with van der Waals surface area (Å²) in [7, 11) is 1.65. The van der Waals surface area contributed by atoms with Crippen LogP contribution < -0.4 is 5.32 Å².